The van der Waals surface area contributed by atoms with Crippen LogP contribution in [0.4, 0.5) is 13.2 Å². The third kappa shape index (κ3) is 7.01. The normalized spacial score (nSPS) is 21.1. The Balaban J connectivity index is 1.79. The zero-order valence-electron chi connectivity index (χ0n) is 21.2. The summed E-state index contributed by atoms with van der Waals surface area (Å²) in [7, 11) is 0. The van der Waals surface area contributed by atoms with Gasteiger partial charge >= 0.3 is 0 Å². The predicted octanol–water partition coefficient (Wildman–Crippen LogP) is 2.40. The van der Waals surface area contributed by atoms with E-state index in [1.807, 2.05) is 13.8 Å². The van der Waals surface area contributed by atoms with Crippen molar-refractivity contribution in [3.05, 3.63) is 35.1 Å². The Morgan fingerprint density at radius 3 is 2.41 bits per heavy atom. The van der Waals surface area contributed by atoms with Crippen molar-refractivity contribution in [3.8, 4) is 6.07 Å². The molecule has 2 fully saturated rings. The molecule has 3 N–H and O–H groups in total. The molecule has 1 aromatic carbocycles. The molecule has 2 aliphatic heterocycles. The van der Waals surface area contributed by atoms with Crippen LogP contribution in [0.1, 0.15) is 57.9 Å². The van der Waals surface area contributed by atoms with Gasteiger partial charge in [-0.2, -0.15) is 5.26 Å². The summed E-state index contributed by atoms with van der Waals surface area (Å²) < 4.78 is 41.7. The van der Waals surface area contributed by atoms with Crippen molar-refractivity contribution in [2.75, 3.05) is 13.1 Å². The van der Waals surface area contributed by atoms with Gasteiger partial charge in [-0.15, -0.1) is 0 Å². The van der Waals surface area contributed by atoms with E-state index >= 15 is 0 Å². The van der Waals surface area contributed by atoms with Gasteiger partial charge in [0, 0.05) is 31.6 Å². The molecule has 3 unspecified atom stereocenters. The molecule has 11 heteroatoms. The fraction of sp³-hybridized carbons (Fsp3) is 0.615. The number of carbonyl (C=O) groups is 3. The van der Waals surface area contributed by atoms with Gasteiger partial charge in [0.25, 0.3) is 0 Å². The third-order valence-electron chi connectivity index (χ3n) is 6.93. The highest BCUT2D eigenvalue weighted by Gasteiger charge is 2.38. The van der Waals surface area contributed by atoms with Crippen LogP contribution in [0.2, 0.25) is 0 Å². The van der Waals surface area contributed by atoms with E-state index < -0.39 is 53.4 Å². The molecule has 0 aliphatic carbocycles. The minimum atomic E-state index is -1.34. The van der Waals surface area contributed by atoms with E-state index in [1.54, 1.807) is 0 Å². The second kappa shape index (κ2) is 12.4. The van der Waals surface area contributed by atoms with Gasteiger partial charge in [0.15, 0.2) is 11.6 Å². The highest BCUT2D eigenvalue weighted by atomic mass is 19.2. The number of nitrogens with two attached hydrogens (primary N) is 1. The van der Waals surface area contributed by atoms with E-state index in [1.165, 1.54) is 9.80 Å². The largest absolute Gasteiger partial charge is 0.351 e. The molecule has 37 heavy (non-hydrogen) atoms. The van der Waals surface area contributed by atoms with Crippen LogP contribution < -0.4 is 11.1 Å². The first-order valence-corrected chi connectivity index (χ1v) is 12.7. The fourth-order valence-corrected chi connectivity index (χ4v) is 5.11. The second-order valence-electron chi connectivity index (χ2n) is 10.3. The molecule has 0 aromatic heterocycles. The van der Waals surface area contributed by atoms with E-state index in [-0.39, 0.29) is 30.2 Å². The predicted molar refractivity (Wildman–Crippen MR) is 129 cm³/mol. The molecular weight excluding hydrogens is 487 g/mol. The molecule has 2 saturated heterocycles. The maximum atomic E-state index is 14.4. The SMILES string of the molecule is CC(C)CC(N)C(=O)N1CCCC1C(=O)N[C@@H](CC(=O)N1CCCC1C#N)Cc1cc(F)c(F)cc1F. The van der Waals surface area contributed by atoms with E-state index in [4.69, 9.17) is 5.73 Å². The molecule has 4 atom stereocenters. The van der Waals surface area contributed by atoms with Gasteiger partial charge in [-0.25, -0.2) is 13.2 Å². The van der Waals surface area contributed by atoms with Gasteiger partial charge in [0.1, 0.15) is 17.9 Å². The van der Waals surface area contributed by atoms with Crippen molar-refractivity contribution in [2.45, 2.75) is 83.0 Å². The zero-order chi connectivity index (χ0) is 27.3. The van der Waals surface area contributed by atoms with Gasteiger partial charge in [0.05, 0.1) is 12.1 Å². The van der Waals surface area contributed by atoms with E-state index in [2.05, 4.69) is 11.4 Å². The number of hydrogen-bond donors (Lipinski definition) is 2. The smallest absolute Gasteiger partial charge is 0.243 e. The Morgan fingerprint density at radius 2 is 1.73 bits per heavy atom. The molecule has 3 amide bonds. The van der Waals surface area contributed by atoms with Crippen LogP contribution in [0.3, 0.4) is 0 Å². The van der Waals surface area contributed by atoms with E-state index in [0.717, 1.165) is 0 Å². The minimum Gasteiger partial charge on any atom is -0.351 e. The Labute approximate surface area is 215 Å². The van der Waals surface area contributed by atoms with Crippen LogP contribution in [-0.2, 0) is 20.8 Å². The molecular formula is C26H34F3N5O3. The summed E-state index contributed by atoms with van der Waals surface area (Å²) in [4.78, 5) is 42.0. The first kappa shape index (κ1) is 28.4. The van der Waals surface area contributed by atoms with Crippen molar-refractivity contribution in [3.63, 3.8) is 0 Å². The van der Waals surface area contributed by atoms with E-state index in [0.29, 0.717) is 57.3 Å². The number of nitriles is 1. The molecule has 2 heterocycles. The minimum absolute atomic E-state index is 0.193. The summed E-state index contributed by atoms with van der Waals surface area (Å²) in [5, 5.41) is 12.1. The first-order valence-electron chi connectivity index (χ1n) is 12.7. The molecule has 2 aliphatic rings. The molecule has 1 aromatic rings. The number of rotatable bonds is 9. The van der Waals surface area contributed by atoms with Gasteiger partial charge < -0.3 is 20.9 Å². The van der Waals surface area contributed by atoms with Crippen molar-refractivity contribution in [1.29, 1.82) is 5.26 Å². The first-order chi connectivity index (χ1) is 17.5. The topological polar surface area (TPSA) is 120 Å². The molecule has 202 valence electrons. The molecule has 3 rings (SSSR count). The summed E-state index contributed by atoms with van der Waals surface area (Å²) in [5.74, 6) is -4.66. The summed E-state index contributed by atoms with van der Waals surface area (Å²) in [5.41, 5.74) is 5.86. The second-order valence-corrected chi connectivity index (χ2v) is 10.3. The summed E-state index contributed by atoms with van der Waals surface area (Å²) in [6.07, 6.45) is 2.11. The average molecular weight is 522 g/mol. The number of halogens is 3. The monoisotopic (exact) mass is 521 g/mol. The van der Waals surface area contributed by atoms with Crippen LogP contribution in [0.15, 0.2) is 12.1 Å². The highest BCUT2D eigenvalue weighted by molar-refractivity contribution is 5.90. The van der Waals surface area contributed by atoms with Gasteiger partial charge in [-0.05, 0) is 56.1 Å². The molecule has 0 saturated carbocycles. The Bertz CT molecular complexity index is 1060. The number of hydrogen-bond acceptors (Lipinski definition) is 5. The Hall–Kier alpha value is -3.13. The number of carbonyl (C=O) groups excluding carboxylic acids is 3. The standard InChI is InChI=1S/C26H34F3N5O3/c1-15(2)9-22(31)26(37)34-8-4-6-23(34)25(36)32-17(10-16-11-20(28)21(29)13-19(16)27)12-24(35)33-7-3-5-18(33)14-30/h11,13,15,17-18,22-23H,3-10,12,31H2,1-2H3,(H,32,36)/t17-,18?,22?,23?/m1/s1. The lowest BCUT2D eigenvalue weighted by Gasteiger charge is -2.29. The molecule has 8 nitrogen and oxygen atoms in total. The zero-order valence-corrected chi connectivity index (χ0v) is 21.2. The lowest BCUT2D eigenvalue weighted by molar-refractivity contribution is -0.140. The average Bonchev–Trinajstić information content (AvgIpc) is 3.51. The summed E-state index contributed by atoms with van der Waals surface area (Å²) in [6, 6.07) is 0.0892. The Morgan fingerprint density at radius 1 is 1.08 bits per heavy atom. The van der Waals surface area contributed by atoms with Crippen LogP contribution in [-0.4, -0.2) is 64.8 Å². The number of amides is 3. The van der Waals surface area contributed by atoms with Crippen LogP contribution in [0, 0.1) is 34.7 Å². The molecule has 0 bridgehead atoms. The van der Waals surface area contributed by atoms with Gasteiger partial charge in [-0.1, -0.05) is 13.8 Å². The number of nitrogens with zero attached hydrogens (tertiary/aromatic N) is 3. The van der Waals surface area contributed by atoms with Crippen molar-refractivity contribution in [2.24, 2.45) is 11.7 Å². The molecule has 0 radical (unpaired) electrons. The van der Waals surface area contributed by atoms with Crippen molar-refractivity contribution >= 4 is 17.7 Å². The summed E-state index contributed by atoms with van der Waals surface area (Å²) in [6.45, 7) is 4.63. The number of likely N-dealkylation sites (tertiary alicyclic amines) is 2. The van der Waals surface area contributed by atoms with E-state index in [9.17, 15) is 32.8 Å². The fourth-order valence-electron chi connectivity index (χ4n) is 5.11. The number of benzene rings is 1. The lowest BCUT2D eigenvalue weighted by atomic mass is 10.0. The lowest BCUT2D eigenvalue weighted by Crippen LogP contribution is -2.53. The van der Waals surface area contributed by atoms with Gasteiger partial charge in [-0.3, -0.25) is 14.4 Å². The van der Waals surface area contributed by atoms with Crippen molar-refractivity contribution < 1.29 is 27.6 Å². The van der Waals surface area contributed by atoms with Crippen LogP contribution in [0.5, 0.6) is 0 Å². The van der Waals surface area contributed by atoms with Crippen LogP contribution >= 0.6 is 0 Å². The van der Waals surface area contributed by atoms with Crippen molar-refractivity contribution in [1.82, 2.24) is 15.1 Å². The Kier molecular flexibility index (Phi) is 9.54. The molecule has 0 spiro atoms. The quantitative estimate of drug-likeness (QED) is 0.484. The maximum absolute atomic E-state index is 14.4. The third-order valence-corrected chi connectivity index (χ3v) is 6.93. The van der Waals surface area contributed by atoms with Gasteiger partial charge in [0.2, 0.25) is 17.7 Å². The summed E-state index contributed by atoms with van der Waals surface area (Å²) >= 11 is 0. The highest BCUT2D eigenvalue weighted by Crippen LogP contribution is 2.23. The number of nitrogens with one attached hydrogen (secondary N) is 1. The maximum Gasteiger partial charge on any atom is 0.243 e. The van der Waals surface area contributed by atoms with Crippen LogP contribution in [0.25, 0.3) is 0 Å².